The van der Waals surface area contributed by atoms with Crippen LogP contribution in [-0.2, 0) is 19.3 Å². The third kappa shape index (κ3) is 7.39. The Morgan fingerprint density at radius 1 is 0.830 bits per heavy atom. The topological polar surface area (TPSA) is 121 Å². The van der Waals surface area contributed by atoms with E-state index in [4.69, 9.17) is 15.9 Å². The molecule has 0 spiro atoms. The van der Waals surface area contributed by atoms with Crippen LogP contribution in [-0.4, -0.2) is 54.1 Å². The van der Waals surface area contributed by atoms with Crippen LogP contribution in [0.3, 0.4) is 0 Å². The van der Waals surface area contributed by atoms with Crippen molar-refractivity contribution in [1.82, 2.24) is 25.6 Å². The number of fused-ring (bicyclic) bond motifs is 2. The number of methoxy groups -OCH3 is 2. The molecule has 0 aliphatic carbocycles. The summed E-state index contributed by atoms with van der Waals surface area (Å²) in [4.78, 5) is 38.7. The van der Waals surface area contributed by atoms with Crippen molar-refractivity contribution in [3.63, 3.8) is 0 Å². The minimum atomic E-state index is -0.281. The number of hydrogen-bond donors (Lipinski definition) is 4. The predicted molar refractivity (Wildman–Crippen MR) is 186 cm³/mol. The average molecular weight is 630 g/mol. The number of nitrogens with one attached hydrogen (secondary N) is 4. The zero-order valence-electron chi connectivity index (χ0n) is 27.1. The number of pyridine rings is 1. The maximum absolute atomic E-state index is 13.8. The maximum atomic E-state index is 13.8. The Morgan fingerprint density at radius 2 is 1.34 bits per heavy atom. The predicted octanol–water partition coefficient (Wildman–Crippen LogP) is 5.91. The highest BCUT2D eigenvalue weighted by Gasteiger charge is 2.24. The number of terminal acetylenes is 1. The van der Waals surface area contributed by atoms with Gasteiger partial charge in [-0.2, -0.15) is 0 Å². The van der Waals surface area contributed by atoms with E-state index in [1.165, 1.54) is 0 Å². The first-order valence-electron chi connectivity index (χ1n) is 15.5. The van der Waals surface area contributed by atoms with Crippen molar-refractivity contribution in [3.05, 3.63) is 112 Å². The summed E-state index contributed by atoms with van der Waals surface area (Å²) in [6, 6.07) is 11.7. The summed E-state index contributed by atoms with van der Waals surface area (Å²) >= 11 is 0. The van der Waals surface area contributed by atoms with Crippen LogP contribution in [0.2, 0.25) is 0 Å². The SMILES string of the molecule is C#C/C=C\C=C/Cc1c(C(=O)NCCc2c[nH]c3ccc(OC)cc23)c(C)nc(C)c1C(=O)NCCc1c[nH]c2ccc(OC)cc12. The lowest BCUT2D eigenvalue weighted by Gasteiger charge is -2.18. The Balaban J connectivity index is 1.36. The summed E-state index contributed by atoms with van der Waals surface area (Å²) in [7, 11) is 3.28. The standard InChI is InChI=1S/C38H39N5O4/c1-6-7-8-9-10-11-30-35(37(44)39-18-16-26-22-41-33-14-12-28(46-4)20-31(26)33)24(2)43-25(3)36(30)38(45)40-19-17-27-23-42-34-15-13-29(47-5)21-32(27)34/h1,7-10,12-15,20-23,41-42H,11,16-19H2,2-5H3,(H,39,44)(H,40,45)/b8-7-,10-9-. The number of amides is 2. The van der Waals surface area contributed by atoms with Crippen molar-refractivity contribution in [2.75, 3.05) is 27.3 Å². The van der Waals surface area contributed by atoms with Crippen LogP contribution in [0, 0.1) is 26.2 Å². The van der Waals surface area contributed by atoms with E-state index >= 15 is 0 Å². The molecule has 47 heavy (non-hydrogen) atoms. The highest BCUT2D eigenvalue weighted by molar-refractivity contribution is 6.03. The summed E-state index contributed by atoms with van der Waals surface area (Å²) in [5.74, 6) is 3.44. The molecule has 0 aliphatic rings. The van der Waals surface area contributed by atoms with Crippen molar-refractivity contribution in [2.45, 2.75) is 33.1 Å². The third-order valence-corrected chi connectivity index (χ3v) is 8.19. The molecule has 0 bridgehead atoms. The molecule has 0 unspecified atom stereocenters. The Kier molecular flexibility index (Phi) is 10.4. The van der Waals surface area contributed by atoms with Gasteiger partial charge in [0.05, 0.1) is 36.7 Å². The molecule has 4 N–H and O–H groups in total. The van der Waals surface area contributed by atoms with Gasteiger partial charge in [-0.15, -0.1) is 6.42 Å². The summed E-state index contributed by atoms with van der Waals surface area (Å²) in [5, 5.41) is 8.21. The van der Waals surface area contributed by atoms with Crippen molar-refractivity contribution >= 4 is 33.6 Å². The van der Waals surface area contributed by atoms with Crippen molar-refractivity contribution in [1.29, 1.82) is 0 Å². The van der Waals surface area contributed by atoms with Crippen LogP contribution in [0.25, 0.3) is 21.8 Å². The number of carbonyl (C=O) groups excluding carboxylic acids is 2. The molecule has 0 saturated carbocycles. The molecule has 2 amide bonds. The molecule has 9 nitrogen and oxygen atoms in total. The molecule has 0 aliphatic heterocycles. The lowest BCUT2D eigenvalue weighted by atomic mass is 9.94. The van der Waals surface area contributed by atoms with Gasteiger partial charge >= 0.3 is 0 Å². The second-order valence-corrected chi connectivity index (χ2v) is 11.1. The smallest absolute Gasteiger partial charge is 0.253 e. The molecule has 0 atom stereocenters. The van der Waals surface area contributed by atoms with E-state index in [9.17, 15) is 9.59 Å². The molecule has 5 aromatic rings. The molecule has 3 aromatic heterocycles. The lowest BCUT2D eigenvalue weighted by Crippen LogP contribution is -2.32. The number of nitrogens with zero attached hydrogens (tertiary/aromatic N) is 1. The minimum absolute atomic E-state index is 0.281. The van der Waals surface area contributed by atoms with Crippen LogP contribution in [0.4, 0.5) is 0 Å². The quantitative estimate of drug-likeness (QED) is 0.0953. The molecule has 0 radical (unpaired) electrons. The fourth-order valence-corrected chi connectivity index (χ4v) is 5.89. The molecule has 2 aromatic carbocycles. The van der Waals surface area contributed by atoms with E-state index in [2.05, 4.69) is 31.5 Å². The Hall–Kier alpha value is -5.75. The van der Waals surface area contributed by atoms with Gasteiger partial charge in [0.1, 0.15) is 11.5 Å². The van der Waals surface area contributed by atoms with Gasteiger partial charge in [-0.05, 0) is 92.3 Å². The average Bonchev–Trinajstić information content (AvgIpc) is 3.67. The van der Waals surface area contributed by atoms with E-state index in [0.717, 1.165) is 44.4 Å². The monoisotopic (exact) mass is 629 g/mol. The zero-order chi connectivity index (χ0) is 33.3. The van der Waals surface area contributed by atoms with Crippen LogP contribution in [0.1, 0.15) is 48.8 Å². The summed E-state index contributed by atoms with van der Waals surface area (Å²) < 4.78 is 10.8. The van der Waals surface area contributed by atoms with Gasteiger partial charge in [0.15, 0.2) is 0 Å². The number of hydrogen-bond acceptors (Lipinski definition) is 5. The lowest BCUT2D eigenvalue weighted by molar-refractivity contribution is 0.0951. The first kappa shape index (κ1) is 32.6. The molecule has 0 saturated heterocycles. The molecule has 240 valence electrons. The highest BCUT2D eigenvalue weighted by atomic mass is 16.5. The van der Waals surface area contributed by atoms with Gasteiger partial charge in [0.25, 0.3) is 11.8 Å². The molecular formula is C38H39N5O4. The summed E-state index contributed by atoms with van der Waals surface area (Å²) in [6.07, 6.45) is 17.8. The second-order valence-electron chi connectivity index (χ2n) is 11.1. The molecule has 3 heterocycles. The molecule has 0 fully saturated rings. The Labute approximate surface area is 274 Å². The number of rotatable bonds is 13. The van der Waals surface area contributed by atoms with Crippen molar-refractivity contribution < 1.29 is 19.1 Å². The van der Waals surface area contributed by atoms with E-state index in [1.807, 2.05) is 60.9 Å². The van der Waals surface area contributed by atoms with Crippen molar-refractivity contribution in [3.8, 4) is 23.8 Å². The fourth-order valence-electron chi connectivity index (χ4n) is 5.89. The van der Waals surface area contributed by atoms with Gasteiger partial charge in [0, 0.05) is 47.3 Å². The number of allylic oxidation sites excluding steroid dienone is 4. The van der Waals surface area contributed by atoms with E-state index in [-0.39, 0.29) is 11.8 Å². The number of H-pyrrole nitrogens is 2. The number of aryl methyl sites for hydroxylation is 2. The number of carbonyl (C=O) groups is 2. The molecule has 9 heteroatoms. The van der Waals surface area contributed by atoms with Crippen LogP contribution < -0.4 is 20.1 Å². The van der Waals surface area contributed by atoms with Crippen LogP contribution >= 0.6 is 0 Å². The first-order valence-corrected chi connectivity index (χ1v) is 15.5. The normalized spacial score (nSPS) is 11.4. The number of ether oxygens (including phenoxy) is 2. The molecular weight excluding hydrogens is 590 g/mol. The first-order chi connectivity index (χ1) is 22.8. The van der Waals surface area contributed by atoms with Crippen molar-refractivity contribution in [2.24, 2.45) is 0 Å². The second kappa shape index (κ2) is 15.0. The van der Waals surface area contributed by atoms with Gasteiger partial charge in [-0.1, -0.05) is 24.1 Å². The highest BCUT2D eigenvalue weighted by Crippen LogP contribution is 2.26. The molecule has 5 rings (SSSR count). The van der Waals surface area contributed by atoms with Gasteiger partial charge in [-0.3, -0.25) is 14.6 Å². The summed E-state index contributed by atoms with van der Waals surface area (Å²) in [5.41, 5.74) is 6.66. The Bertz CT molecular complexity index is 1900. The van der Waals surface area contributed by atoms with Gasteiger partial charge < -0.3 is 30.1 Å². The van der Waals surface area contributed by atoms with Crippen LogP contribution in [0.15, 0.2) is 73.1 Å². The van der Waals surface area contributed by atoms with E-state index in [0.29, 0.717) is 60.4 Å². The largest absolute Gasteiger partial charge is 0.497 e. The van der Waals surface area contributed by atoms with E-state index < -0.39 is 0 Å². The van der Waals surface area contributed by atoms with Crippen LogP contribution in [0.5, 0.6) is 11.5 Å². The van der Waals surface area contributed by atoms with E-state index in [1.54, 1.807) is 40.2 Å². The number of benzene rings is 2. The number of aromatic amines is 2. The Morgan fingerprint density at radius 3 is 1.81 bits per heavy atom. The summed E-state index contributed by atoms with van der Waals surface area (Å²) in [6.45, 7) is 4.39. The third-order valence-electron chi connectivity index (χ3n) is 8.19. The fraction of sp³-hybridized carbons (Fsp3) is 0.237. The van der Waals surface area contributed by atoms with Gasteiger partial charge in [0.2, 0.25) is 0 Å². The zero-order valence-corrected chi connectivity index (χ0v) is 27.1. The van der Waals surface area contributed by atoms with Gasteiger partial charge in [-0.25, -0.2) is 0 Å². The number of aromatic nitrogens is 3. The maximum Gasteiger partial charge on any atom is 0.253 e. The minimum Gasteiger partial charge on any atom is -0.497 e.